The molecule has 0 saturated carbocycles. The van der Waals surface area contributed by atoms with Crippen LogP contribution in [-0.2, 0) is 13.1 Å². The molecule has 98 valence electrons. The van der Waals surface area contributed by atoms with Gasteiger partial charge in [-0.2, -0.15) is 0 Å². The Morgan fingerprint density at radius 3 is 2.50 bits per heavy atom. The van der Waals surface area contributed by atoms with Crippen LogP contribution in [0.4, 0.5) is 0 Å². The van der Waals surface area contributed by atoms with Gasteiger partial charge < -0.3 is 15.2 Å². The predicted molar refractivity (Wildman–Crippen MR) is 77.6 cm³/mol. The van der Waals surface area contributed by atoms with E-state index in [9.17, 15) is 0 Å². The standard InChI is InChI=1S/C15H23N3/c1-11(2)18-14(10-17(3)4)8-13-6-5-12(9-16)7-15(13)18/h5-8,11H,9-10,16H2,1-4H3. The van der Waals surface area contributed by atoms with Gasteiger partial charge in [-0.05, 0) is 51.0 Å². The Balaban J connectivity index is 2.60. The van der Waals surface area contributed by atoms with E-state index in [4.69, 9.17) is 5.73 Å². The van der Waals surface area contributed by atoms with Gasteiger partial charge in [-0.15, -0.1) is 0 Å². The molecule has 0 unspecified atom stereocenters. The highest BCUT2D eigenvalue weighted by molar-refractivity contribution is 5.82. The first-order valence-corrected chi connectivity index (χ1v) is 6.50. The second kappa shape index (κ2) is 5.12. The number of nitrogens with two attached hydrogens (primary N) is 1. The summed E-state index contributed by atoms with van der Waals surface area (Å²) in [5, 5.41) is 1.30. The summed E-state index contributed by atoms with van der Waals surface area (Å²) in [5.74, 6) is 0. The van der Waals surface area contributed by atoms with Crippen molar-refractivity contribution >= 4 is 10.9 Å². The van der Waals surface area contributed by atoms with Crippen molar-refractivity contribution in [2.75, 3.05) is 14.1 Å². The minimum absolute atomic E-state index is 0.463. The van der Waals surface area contributed by atoms with Crippen molar-refractivity contribution in [3.8, 4) is 0 Å². The van der Waals surface area contributed by atoms with Crippen LogP contribution in [0.5, 0.6) is 0 Å². The van der Waals surface area contributed by atoms with Crippen LogP contribution in [0.3, 0.4) is 0 Å². The van der Waals surface area contributed by atoms with Crippen LogP contribution in [-0.4, -0.2) is 23.6 Å². The van der Waals surface area contributed by atoms with Crippen LogP contribution in [0.25, 0.3) is 10.9 Å². The Bertz CT molecular complexity index is 538. The van der Waals surface area contributed by atoms with E-state index in [1.54, 1.807) is 0 Å². The summed E-state index contributed by atoms with van der Waals surface area (Å²) in [6.07, 6.45) is 0. The smallest absolute Gasteiger partial charge is 0.0488 e. The zero-order valence-electron chi connectivity index (χ0n) is 11.8. The zero-order chi connectivity index (χ0) is 13.3. The molecule has 0 fully saturated rings. The lowest BCUT2D eigenvalue weighted by molar-refractivity contribution is 0.383. The van der Waals surface area contributed by atoms with Crippen LogP contribution in [0.15, 0.2) is 24.3 Å². The van der Waals surface area contributed by atoms with Gasteiger partial charge in [-0.25, -0.2) is 0 Å². The van der Waals surface area contributed by atoms with Gasteiger partial charge in [0.05, 0.1) is 0 Å². The minimum Gasteiger partial charge on any atom is -0.341 e. The summed E-state index contributed by atoms with van der Waals surface area (Å²) in [5.41, 5.74) is 9.59. The third-order valence-electron chi connectivity index (χ3n) is 3.22. The summed E-state index contributed by atoms with van der Waals surface area (Å²) in [6.45, 7) is 6.02. The molecule has 1 heterocycles. The molecular weight excluding hydrogens is 222 g/mol. The van der Waals surface area contributed by atoms with Crippen LogP contribution in [0.1, 0.15) is 31.1 Å². The first kappa shape index (κ1) is 13.1. The quantitative estimate of drug-likeness (QED) is 0.898. The van der Waals surface area contributed by atoms with Gasteiger partial charge in [0.1, 0.15) is 0 Å². The Labute approximate surface area is 109 Å². The minimum atomic E-state index is 0.463. The second-order valence-electron chi connectivity index (χ2n) is 5.43. The molecule has 0 aliphatic rings. The van der Waals surface area contributed by atoms with Gasteiger partial charge in [-0.3, -0.25) is 0 Å². The van der Waals surface area contributed by atoms with Crippen LogP contribution in [0.2, 0.25) is 0 Å². The van der Waals surface area contributed by atoms with Gasteiger partial charge in [0, 0.05) is 30.3 Å². The maximum absolute atomic E-state index is 5.74. The number of nitrogens with zero attached hydrogens (tertiary/aromatic N) is 2. The molecule has 0 saturated heterocycles. The highest BCUT2D eigenvalue weighted by Gasteiger charge is 2.12. The second-order valence-corrected chi connectivity index (χ2v) is 5.43. The molecule has 0 aliphatic heterocycles. The molecular formula is C15H23N3. The molecule has 18 heavy (non-hydrogen) atoms. The largest absolute Gasteiger partial charge is 0.341 e. The van der Waals surface area contributed by atoms with Crippen LogP contribution in [0, 0.1) is 0 Å². The molecule has 3 nitrogen and oxygen atoms in total. The molecule has 0 spiro atoms. The fourth-order valence-corrected chi connectivity index (χ4v) is 2.51. The summed E-state index contributed by atoms with van der Waals surface area (Å²) in [4.78, 5) is 2.21. The molecule has 0 bridgehead atoms. The van der Waals surface area contributed by atoms with E-state index in [-0.39, 0.29) is 0 Å². The highest BCUT2D eigenvalue weighted by Crippen LogP contribution is 2.25. The summed E-state index contributed by atoms with van der Waals surface area (Å²) >= 11 is 0. The normalized spacial score (nSPS) is 11.9. The third kappa shape index (κ3) is 2.42. The van der Waals surface area contributed by atoms with Crippen molar-refractivity contribution in [1.82, 2.24) is 9.47 Å². The SMILES string of the molecule is CC(C)n1c(CN(C)C)cc2ccc(CN)cc21. The number of benzene rings is 1. The van der Waals surface area contributed by atoms with E-state index in [2.05, 4.69) is 61.7 Å². The molecule has 2 aromatic rings. The monoisotopic (exact) mass is 245 g/mol. The van der Waals surface area contributed by atoms with E-state index in [0.29, 0.717) is 12.6 Å². The highest BCUT2D eigenvalue weighted by atomic mass is 15.1. The van der Waals surface area contributed by atoms with Crippen molar-refractivity contribution in [2.24, 2.45) is 5.73 Å². The fraction of sp³-hybridized carbons (Fsp3) is 0.467. The molecule has 2 rings (SSSR count). The number of fused-ring (bicyclic) bond motifs is 1. The molecule has 1 aromatic heterocycles. The Hall–Kier alpha value is -1.32. The average Bonchev–Trinajstić information content (AvgIpc) is 2.64. The maximum Gasteiger partial charge on any atom is 0.0488 e. The first-order valence-electron chi connectivity index (χ1n) is 6.50. The molecule has 3 heteroatoms. The third-order valence-corrected chi connectivity index (χ3v) is 3.22. The molecule has 0 amide bonds. The molecule has 2 N–H and O–H groups in total. The molecule has 0 aliphatic carbocycles. The molecule has 0 radical (unpaired) electrons. The number of hydrogen-bond acceptors (Lipinski definition) is 2. The Morgan fingerprint density at radius 1 is 1.22 bits per heavy atom. The zero-order valence-corrected chi connectivity index (χ0v) is 11.8. The van der Waals surface area contributed by atoms with E-state index in [1.807, 2.05) is 0 Å². The van der Waals surface area contributed by atoms with E-state index in [0.717, 1.165) is 6.54 Å². The van der Waals surface area contributed by atoms with Gasteiger partial charge in [0.15, 0.2) is 0 Å². The van der Waals surface area contributed by atoms with Crippen LogP contribution < -0.4 is 5.73 Å². The number of aromatic nitrogens is 1. The van der Waals surface area contributed by atoms with Crippen molar-refractivity contribution in [3.05, 3.63) is 35.5 Å². The molecule has 0 atom stereocenters. The van der Waals surface area contributed by atoms with Crippen molar-refractivity contribution < 1.29 is 0 Å². The number of hydrogen-bond donors (Lipinski definition) is 1. The first-order chi connectivity index (χ1) is 8.52. The van der Waals surface area contributed by atoms with E-state index >= 15 is 0 Å². The topological polar surface area (TPSA) is 34.2 Å². The van der Waals surface area contributed by atoms with Crippen LogP contribution >= 0.6 is 0 Å². The summed E-state index contributed by atoms with van der Waals surface area (Å²) in [6, 6.07) is 9.26. The predicted octanol–water partition coefficient (Wildman–Crippen LogP) is 2.74. The summed E-state index contributed by atoms with van der Waals surface area (Å²) < 4.78 is 2.41. The Kier molecular flexibility index (Phi) is 3.73. The van der Waals surface area contributed by atoms with Gasteiger partial charge in [0.2, 0.25) is 0 Å². The lowest BCUT2D eigenvalue weighted by Crippen LogP contribution is -2.15. The lowest BCUT2D eigenvalue weighted by atomic mass is 10.1. The van der Waals surface area contributed by atoms with Gasteiger partial charge in [0.25, 0.3) is 0 Å². The van der Waals surface area contributed by atoms with Crippen molar-refractivity contribution in [2.45, 2.75) is 33.0 Å². The summed E-state index contributed by atoms with van der Waals surface area (Å²) in [7, 11) is 4.21. The van der Waals surface area contributed by atoms with Gasteiger partial charge >= 0.3 is 0 Å². The molecule has 1 aromatic carbocycles. The van der Waals surface area contributed by atoms with E-state index in [1.165, 1.54) is 22.2 Å². The van der Waals surface area contributed by atoms with E-state index < -0.39 is 0 Å². The maximum atomic E-state index is 5.74. The average molecular weight is 245 g/mol. The van der Waals surface area contributed by atoms with Crippen molar-refractivity contribution in [3.63, 3.8) is 0 Å². The van der Waals surface area contributed by atoms with Crippen molar-refractivity contribution in [1.29, 1.82) is 0 Å². The lowest BCUT2D eigenvalue weighted by Gasteiger charge is -2.17. The Morgan fingerprint density at radius 2 is 1.94 bits per heavy atom. The van der Waals surface area contributed by atoms with Gasteiger partial charge in [-0.1, -0.05) is 12.1 Å². The number of rotatable bonds is 4. The fourth-order valence-electron chi connectivity index (χ4n) is 2.51.